The van der Waals surface area contributed by atoms with Crippen molar-refractivity contribution in [3.63, 3.8) is 0 Å². The number of piperazine rings is 1. The Kier molecular flexibility index (Phi) is 6.99. The van der Waals surface area contributed by atoms with E-state index in [1.54, 1.807) is 0 Å². The second-order valence-corrected chi connectivity index (χ2v) is 10.7. The minimum Gasteiger partial charge on any atom is -0.465 e. The Balaban J connectivity index is 0.000000178. The molecule has 5 fully saturated rings. The number of amides is 1. The van der Waals surface area contributed by atoms with Gasteiger partial charge in [-0.3, -0.25) is 4.90 Å². The van der Waals surface area contributed by atoms with Crippen molar-refractivity contribution in [2.45, 2.75) is 102 Å². The molecule has 178 valence electrons. The lowest BCUT2D eigenvalue weighted by molar-refractivity contribution is 0.0862. The summed E-state index contributed by atoms with van der Waals surface area (Å²) in [4.78, 5) is 14.7. The van der Waals surface area contributed by atoms with E-state index in [-0.39, 0.29) is 12.6 Å². The van der Waals surface area contributed by atoms with E-state index in [1.807, 2.05) is 0 Å². The molecular formula is C25H44N2O4. The van der Waals surface area contributed by atoms with Crippen LogP contribution in [-0.4, -0.2) is 77.1 Å². The number of hydrogen-bond donors (Lipinski definition) is 1. The van der Waals surface area contributed by atoms with Crippen LogP contribution in [0.1, 0.15) is 80.0 Å². The van der Waals surface area contributed by atoms with Gasteiger partial charge < -0.3 is 19.5 Å². The number of carboxylic acid groups (broad SMARTS) is 1. The number of hydrogen-bond acceptors (Lipinski definition) is 4. The summed E-state index contributed by atoms with van der Waals surface area (Å²) in [5, 5.41) is 8.80. The number of nitrogens with zero attached hydrogens (tertiary/aromatic N) is 2. The average Bonchev–Trinajstić information content (AvgIpc) is 3.58. The molecule has 0 aromatic heterocycles. The van der Waals surface area contributed by atoms with Gasteiger partial charge in [0.15, 0.2) is 0 Å². The van der Waals surface area contributed by atoms with Crippen LogP contribution in [0.15, 0.2) is 11.6 Å². The molecule has 0 radical (unpaired) electrons. The normalized spacial score (nSPS) is 37.8. The van der Waals surface area contributed by atoms with E-state index in [2.05, 4.69) is 31.7 Å². The van der Waals surface area contributed by atoms with Crippen molar-refractivity contribution in [1.29, 1.82) is 0 Å². The van der Waals surface area contributed by atoms with Gasteiger partial charge in [0.25, 0.3) is 0 Å². The first kappa shape index (κ1) is 23.1. The molecule has 0 aromatic rings. The zero-order chi connectivity index (χ0) is 22.1. The first-order chi connectivity index (χ1) is 14.8. The fourth-order valence-electron chi connectivity index (χ4n) is 6.21. The Morgan fingerprint density at radius 3 is 2.32 bits per heavy atom. The van der Waals surface area contributed by atoms with E-state index in [4.69, 9.17) is 14.6 Å². The summed E-state index contributed by atoms with van der Waals surface area (Å²) < 4.78 is 11.8. The van der Waals surface area contributed by atoms with Crippen molar-refractivity contribution >= 4 is 6.09 Å². The van der Waals surface area contributed by atoms with Gasteiger partial charge in [0.05, 0.1) is 23.9 Å². The highest BCUT2D eigenvalue weighted by molar-refractivity contribution is 5.65. The van der Waals surface area contributed by atoms with Gasteiger partial charge >= 0.3 is 6.09 Å². The van der Waals surface area contributed by atoms with E-state index in [1.165, 1.54) is 61.8 Å². The lowest BCUT2D eigenvalue weighted by atomic mass is 9.71. The minimum atomic E-state index is -0.768. The molecule has 1 N–H and O–H groups in total. The van der Waals surface area contributed by atoms with Crippen LogP contribution in [0.3, 0.4) is 0 Å². The van der Waals surface area contributed by atoms with Crippen LogP contribution in [-0.2, 0) is 9.47 Å². The maximum absolute atomic E-state index is 10.7. The highest BCUT2D eigenvalue weighted by Gasteiger charge is 2.67. The number of ether oxygens (including phenoxy) is 2. The van der Waals surface area contributed by atoms with Crippen molar-refractivity contribution in [3.05, 3.63) is 11.6 Å². The summed E-state index contributed by atoms with van der Waals surface area (Å²) >= 11 is 0. The highest BCUT2D eigenvalue weighted by atomic mass is 16.6. The summed E-state index contributed by atoms with van der Waals surface area (Å²) in [6.45, 7) is 10.8. The predicted octanol–water partition coefficient (Wildman–Crippen LogP) is 4.93. The van der Waals surface area contributed by atoms with Crippen LogP contribution in [0.2, 0.25) is 0 Å². The second kappa shape index (κ2) is 9.40. The molecule has 5 aliphatic rings. The summed E-state index contributed by atoms with van der Waals surface area (Å²) in [6.07, 6.45) is 13.6. The largest absolute Gasteiger partial charge is 0.465 e. The Labute approximate surface area is 189 Å². The van der Waals surface area contributed by atoms with Crippen LogP contribution >= 0.6 is 0 Å². The second-order valence-electron chi connectivity index (χ2n) is 10.7. The summed E-state index contributed by atoms with van der Waals surface area (Å²) in [5.74, 6) is 0.638. The van der Waals surface area contributed by atoms with Gasteiger partial charge in [0.2, 0.25) is 0 Å². The van der Waals surface area contributed by atoms with E-state index in [9.17, 15) is 4.79 Å². The molecule has 0 bridgehead atoms. The lowest BCUT2D eigenvalue weighted by Crippen LogP contribution is -2.51. The monoisotopic (exact) mass is 436 g/mol. The first-order valence-electron chi connectivity index (χ1n) is 12.5. The molecule has 2 saturated carbocycles. The van der Waals surface area contributed by atoms with E-state index in [0.29, 0.717) is 25.1 Å². The molecule has 3 aliphatic heterocycles. The third kappa shape index (κ3) is 5.28. The first-order valence-corrected chi connectivity index (χ1v) is 12.5. The quantitative estimate of drug-likeness (QED) is 0.500. The average molecular weight is 437 g/mol. The van der Waals surface area contributed by atoms with Gasteiger partial charge in [0, 0.05) is 39.6 Å². The summed E-state index contributed by atoms with van der Waals surface area (Å²) in [7, 11) is 0. The van der Waals surface area contributed by atoms with Crippen LogP contribution < -0.4 is 0 Å². The number of allylic oxidation sites excluding steroid dienone is 1. The van der Waals surface area contributed by atoms with Crippen LogP contribution in [0.5, 0.6) is 0 Å². The SMILES string of the molecule is CC(C)=CC[C@H]1O[C@]1(C)C1CCCC[C@]12CO2.O=C(O)N1CCN(C2CCCC2)CC1.[HH]. The molecule has 4 atom stereocenters. The summed E-state index contributed by atoms with van der Waals surface area (Å²) in [6, 6.07) is 0.742. The van der Waals surface area contributed by atoms with E-state index in [0.717, 1.165) is 32.2 Å². The third-order valence-corrected chi connectivity index (χ3v) is 8.33. The highest BCUT2D eigenvalue weighted by Crippen LogP contribution is 2.58. The molecule has 2 aliphatic carbocycles. The maximum atomic E-state index is 10.7. The Morgan fingerprint density at radius 1 is 1.10 bits per heavy atom. The van der Waals surface area contributed by atoms with E-state index >= 15 is 0 Å². The van der Waals surface area contributed by atoms with Crippen LogP contribution in [0, 0.1) is 5.92 Å². The third-order valence-electron chi connectivity index (χ3n) is 8.33. The van der Waals surface area contributed by atoms with Gasteiger partial charge in [-0.1, -0.05) is 37.3 Å². The molecule has 3 heterocycles. The maximum Gasteiger partial charge on any atom is 0.407 e. The van der Waals surface area contributed by atoms with Crippen molar-refractivity contribution in [2.75, 3.05) is 32.8 Å². The standard InChI is InChI=1S/C15H24O2.C10H18N2O2.H2/c1-11(2)7-8-13-14(3,17-13)12-6-4-5-9-15(12)10-16-15;13-10(14)12-7-5-11(6-8-12)9-3-1-2-4-9;/h7,12-13H,4-6,8-10H2,1-3H3;9H,1-8H2,(H,13,14);1H/t12?,13-,14-,15+;;/m1../s1. The summed E-state index contributed by atoms with van der Waals surface area (Å²) in [5.41, 5.74) is 1.71. The molecule has 1 amide bonds. The van der Waals surface area contributed by atoms with Gasteiger partial charge in [-0.25, -0.2) is 4.79 Å². The zero-order valence-corrected chi connectivity index (χ0v) is 19.8. The fourth-order valence-corrected chi connectivity index (χ4v) is 6.21. The molecule has 31 heavy (non-hydrogen) atoms. The smallest absolute Gasteiger partial charge is 0.407 e. The Morgan fingerprint density at radius 2 is 1.74 bits per heavy atom. The minimum absolute atomic E-state index is 0. The van der Waals surface area contributed by atoms with E-state index < -0.39 is 6.09 Å². The molecule has 5 rings (SSSR count). The number of rotatable bonds is 4. The molecule has 6 nitrogen and oxygen atoms in total. The number of epoxide rings is 2. The zero-order valence-electron chi connectivity index (χ0n) is 19.8. The van der Waals surface area contributed by atoms with Crippen molar-refractivity contribution < 1.29 is 20.8 Å². The molecule has 1 spiro atoms. The Hall–Kier alpha value is -1.11. The molecule has 1 unspecified atom stereocenters. The van der Waals surface area contributed by atoms with Gasteiger partial charge in [-0.2, -0.15) is 0 Å². The molecule has 0 aromatic carbocycles. The topological polar surface area (TPSA) is 68.8 Å². The lowest BCUT2D eigenvalue weighted by Gasteiger charge is -2.36. The van der Waals surface area contributed by atoms with Crippen molar-refractivity contribution in [1.82, 2.24) is 9.80 Å². The van der Waals surface area contributed by atoms with Crippen molar-refractivity contribution in [2.24, 2.45) is 5.92 Å². The van der Waals surface area contributed by atoms with Gasteiger partial charge in [-0.05, 0) is 52.9 Å². The number of carbonyl (C=O) groups is 1. The predicted molar refractivity (Wildman–Crippen MR) is 124 cm³/mol. The van der Waals surface area contributed by atoms with Crippen LogP contribution in [0.4, 0.5) is 4.79 Å². The van der Waals surface area contributed by atoms with Crippen molar-refractivity contribution in [3.8, 4) is 0 Å². The fraction of sp³-hybridized carbons (Fsp3) is 0.880. The molecule has 6 heteroatoms. The van der Waals surface area contributed by atoms with Gasteiger partial charge in [0.1, 0.15) is 0 Å². The van der Waals surface area contributed by atoms with Crippen LogP contribution in [0.25, 0.3) is 0 Å². The molecular weight excluding hydrogens is 392 g/mol. The molecule has 3 saturated heterocycles. The van der Waals surface area contributed by atoms with Gasteiger partial charge in [-0.15, -0.1) is 0 Å². The Bertz CT molecular complexity index is 665.